The Morgan fingerprint density at radius 3 is 1.21 bits per heavy atom. The van der Waals surface area contributed by atoms with Gasteiger partial charge in [-0.1, -0.05) is 52.0 Å². The molecule has 2 rings (SSSR count). The highest BCUT2D eigenvalue weighted by Gasteiger charge is 2.22. The van der Waals surface area contributed by atoms with Crippen molar-refractivity contribution in [2.24, 2.45) is 0 Å². The number of benzene rings is 2. The van der Waals surface area contributed by atoms with Crippen LogP contribution < -0.4 is 11.5 Å². The van der Waals surface area contributed by atoms with Crippen LogP contribution in [0.5, 0.6) is 0 Å². The Labute approximate surface area is 181 Å². The molecule has 0 saturated heterocycles. The second-order valence-electron chi connectivity index (χ2n) is 7.34. The summed E-state index contributed by atoms with van der Waals surface area (Å²) < 4.78 is 0. The number of hydrogen-bond donors (Lipinski definition) is 2. The summed E-state index contributed by atoms with van der Waals surface area (Å²) in [6, 6.07) is 17.6. The lowest BCUT2D eigenvalue weighted by Gasteiger charge is -2.33. The average Bonchev–Trinajstić information content (AvgIpc) is 2.74. The lowest BCUT2D eigenvalue weighted by Crippen LogP contribution is -2.32. The maximum atomic E-state index is 5.91. The topological polar surface area (TPSA) is 58.5 Å². The van der Waals surface area contributed by atoms with Crippen molar-refractivity contribution in [2.45, 2.75) is 39.8 Å². The molecule has 0 radical (unpaired) electrons. The molecule has 0 aliphatic rings. The van der Waals surface area contributed by atoms with Crippen molar-refractivity contribution in [1.29, 1.82) is 0 Å². The van der Waals surface area contributed by atoms with E-state index in [9.17, 15) is 0 Å². The van der Waals surface area contributed by atoms with Crippen molar-refractivity contribution in [3.05, 3.63) is 59.7 Å². The van der Waals surface area contributed by atoms with Crippen molar-refractivity contribution in [3.63, 3.8) is 0 Å². The number of hydrogen-bond acceptors (Lipinski definition) is 5. The normalized spacial score (nSPS) is 13.7. The molecule has 0 spiro atoms. The predicted octanol–water partition coefficient (Wildman–Crippen LogP) is 5.05. The number of rotatable bonds is 12. The first kappa shape index (κ1) is 23.6. The van der Waals surface area contributed by atoms with Crippen molar-refractivity contribution in [1.82, 2.24) is 9.80 Å². The van der Waals surface area contributed by atoms with Crippen LogP contribution >= 0.6 is 11.8 Å². The Kier molecular flexibility index (Phi) is 9.85. The van der Waals surface area contributed by atoms with Gasteiger partial charge in [-0.3, -0.25) is 9.80 Å². The van der Waals surface area contributed by atoms with Gasteiger partial charge >= 0.3 is 0 Å². The zero-order valence-corrected chi connectivity index (χ0v) is 19.3. The standard InChI is InChI=1S/C24H38N4S/c1-5-27(6-2)23(19-9-13-21(25)14-10-19)17-29-18-24(28(7-3)8-4)20-11-15-22(26)16-12-20/h9-16,23-24H,5-8,17-18,25-26H2,1-4H3. The van der Waals surface area contributed by atoms with E-state index in [2.05, 4.69) is 61.8 Å². The van der Waals surface area contributed by atoms with Gasteiger partial charge in [0.1, 0.15) is 0 Å². The quantitative estimate of drug-likeness (QED) is 0.476. The molecule has 2 unspecified atom stereocenters. The zero-order valence-electron chi connectivity index (χ0n) is 18.5. The fourth-order valence-corrected chi connectivity index (χ4v) is 5.27. The van der Waals surface area contributed by atoms with Gasteiger partial charge < -0.3 is 11.5 Å². The van der Waals surface area contributed by atoms with Crippen LogP contribution in [-0.4, -0.2) is 47.5 Å². The van der Waals surface area contributed by atoms with Gasteiger partial charge in [0.15, 0.2) is 0 Å². The monoisotopic (exact) mass is 414 g/mol. The van der Waals surface area contributed by atoms with Crippen LogP contribution in [0.1, 0.15) is 50.9 Å². The van der Waals surface area contributed by atoms with Gasteiger partial charge in [-0.15, -0.1) is 0 Å². The van der Waals surface area contributed by atoms with Crippen LogP contribution in [0.15, 0.2) is 48.5 Å². The number of nitrogens with zero attached hydrogens (tertiary/aromatic N) is 2. The summed E-state index contributed by atoms with van der Waals surface area (Å²) in [6.45, 7) is 13.1. The Bertz CT molecular complexity index is 632. The molecule has 0 aliphatic carbocycles. The van der Waals surface area contributed by atoms with E-state index in [0.29, 0.717) is 12.1 Å². The summed E-state index contributed by atoms with van der Waals surface area (Å²) in [5, 5.41) is 0. The van der Waals surface area contributed by atoms with Crippen molar-refractivity contribution < 1.29 is 0 Å². The summed E-state index contributed by atoms with van der Waals surface area (Å²) in [7, 11) is 0. The minimum atomic E-state index is 0.402. The summed E-state index contributed by atoms with van der Waals surface area (Å²) in [5.74, 6) is 2.14. The van der Waals surface area contributed by atoms with Crippen molar-refractivity contribution in [3.8, 4) is 0 Å². The molecule has 0 amide bonds. The first-order valence-corrected chi connectivity index (χ1v) is 12.0. The molecule has 0 fully saturated rings. The smallest absolute Gasteiger partial charge is 0.0438 e. The summed E-state index contributed by atoms with van der Waals surface area (Å²) >= 11 is 2.04. The van der Waals surface area contributed by atoms with Gasteiger partial charge in [0.2, 0.25) is 0 Å². The van der Waals surface area contributed by atoms with Crippen LogP contribution in [-0.2, 0) is 0 Å². The van der Waals surface area contributed by atoms with E-state index in [0.717, 1.165) is 49.1 Å². The van der Waals surface area contributed by atoms with Crippen molar-refractivity contribution in [2.75, 3.05) is 49.2 Å². The van der Waals surface area contributed by atoms with E-state index < -0.39 is 0 Å². The Balaban J connectivity index is 2.14. The highest BCUT2D eigenvalue weighted by atomic mass is 32.2. The number of nitrogens with two attached hydrogens (primary N) is 2. The molecular weight excluding hydrogens is 376 g/mol. The molecule has 4 nitrogen and oxygen atoms in total. The van der Waals surface area contributed by atoms with Gasteiger partial charge in [0, 0.05) is 35.0 Å². The Morgan fingerprint density at radius 2 is 0.931 bits per heavy atom. The van der Waals surface area contributed by atoms with Crippen LogP contribution in [0.4, 0.5) is 11.4 Å². The van der Waals surface area contributed by atoms with Crippen LogP contribution in [0.3, 0.4) is 0 Å². The van der Waals surface area contributed by atoms with Crippen LogP contribution in [0.2, 0.25) is 0 Å². The molecule has 160 valence electrons. The molecule has 0 aliphatic heterocycles. The largest absolute Gasteiger partial charge is 0.399 e. The lowest BCUT2D eigenvalue weighted by atomic mass is 10.1. The summed E-state index contributed by atoms with van der Waals surface area (Å²) in [6.07, 6.45) is 0. The third kappa shape index (κ3) is 6.66. The van der Waals surface area contributed by atoms with E-state index in [-0.39, 0.29) is 0 Å². The van der Waals surface area contributed by atoms with E-state index in [1.54, 1.807) is 0 Å². The van der Waals surface area contributed by atoms with E-state index in [1.807, 2.05) is 36.0 Å². The highest BCUT2D eigenvalue weighted by molar-refractivity contribution is 7.99. The predicted molar refractivity (Wildman–Crippen MR) is 130 cm³/mol. The Morgan fingerprint density at radius 1 is 0.621 bits per heavy atom. The molecule has 4 N–H and O–H groups in total. The first-order valence-electron chi connectivity index (χ1n) is 10.8. The minimum absolute atomic E-state index is 0.402. The minimum Gasteiger partial charge on any atom is -0.399 e. The van der Waals surface area contributed by atoms with Gasteiger partial charge in [-0.2, -0.15) is 11.8 Å². The third-order valence-corrected chi connectivity index (χ3v) is 6.80. The molecular formula is C24H38N4S. The van der Waals surface area contributed by atoms with Crippen LogP contribution in [0, 0.1) is 0 Å². The van der Waals surface area contributed by atoms with E-state index in [1.165, 1.54) is 11.1 Å². The molecule has 0 aromatic heterocycles. The molecule has 29 heavy (non-hydrogen) atoms. The first-order chi connectivity index (χ1) is 14.0. The van der Waals surface area contributed by atoms with Gasteiger partial charge in [0.25, 0.3) is 0 Å². The second-order valence-corrected chi connectivity index (χ2v) is 8.42. The number of nitrogen functional groups attached to an aromatic ring is 2. The Hall–Kier alpha value is -1.69. The van der Waals surface area contributed by atoms with Gasteiger partial charge in [-0.05, 0) is 61.6 Å². The van der Waals surface area contributed by atoms with Crippen LogP contribution in [0.25, 0.3) is 0 Å². The number of thioether (sulfide) groups is 1. The average molecular weight is 415 g/mol. The number of anilines is 2. The zero-order chi connectivity index (χ0) is 21.2. The third-order valence-electron chi connectivity index (χ3n) is 5.70. The summed E-state index contributed by atoms with van der Waals surface area (Å²) in [5.41, 5.74) is 16.2. The molecule has 0 bridgehead atoms. The van der Waals surface area contributed by atoms with Crippen molar-refractivity contribution >= 4 is 23.1 Å². The molecule has 0 saturated carbocycles. The molecule has 0 heterocycles. The highest BCUT2D eigenvalue weighted by Crippen LogP contribution is 2.30. The fourth-order valence-electron chi connectivity index (χ4n) is 3.88. The fraction of sp³-hybridized carbons (Fsp3) is 0.500. The molecule has 5 heteroatoms. The maximum Gasteiger partial charge on any atom is 0.0438 e. The van der Waals surface area contributed by atoms with Gasteiger partial charge in [-0.25, -0.2) is 0 Å². The molecule has 2 aromatic carbocycles. The summed E-state index contributed by atoms with van der Waals surface area (Å²) in [4.78, 5) is 5.07. The van der Waals surface area contributed by atoms with E-state index in [4.69, 9.17) is 11.5 Å². The maximum absolute atomic E-state index is 5.91. The van der Waals surface area contributed by atoms with Gasteiger partial charge in [0.05, 0.1) is 0 Å². The second kappa shape index (κ2) is 12.1. The molecule has 2 atom stereocenters. The SMILES string of the molecule is CCN(CC)C(CSCC(c1ccc(N)cc1)N(CC)CC)c1ccc(N)cc1. The lowest BCUT2D eigenvalue weighted by molar-refractivity contribution is 0.233. The van der Waals surface area contributed by atoms with E-state index >= 15 is 0 Å². The molecule has 2 aromatic rings.